The van der Waals surface area contributed by atoms with Crippen molar-refractivity contribution in [3.8, 4) is 0 Å². The molecule has 0 unspecified atom stereocenters. The zero-order valence-electron chi connectivity index (χ0n) is 9.15. The molecule has 7 heteroatoms. The van der Waals surface area contributed by atoms with Crippen LogP contribution < -0.4 is 0 Å². The standard InChI is InChI=1S/C11H9BrF3N3/c12-10-7-9(11(13,14)15)5-4-8(10)3-1-2-6-17-18-16/h1,3-5,7H,2,6H2. The Morgan fingerprint density at radius 1 is 1.39 bits per heavy atom. The molecule has 0 aliphatic carbocycles. The summed E-state index contributed by atoms with van der Waals surface area (Å²) in [6.45, 7) is 0.325. The highest BCUT2D eigenvalue weighted by Crippen LogP contribution is 2.32. The van der Waals surface area contributed by atoms with Crippen molar-refractivity contribution in [3.63, 3.8) is 0 Å². The van der Waals surface area contributed by atoms with E-state index >= 15 is 0 Å². The maximum Gasteiger partial charge on any atom is 0.416 e. The summed E-state index contributed by atoms with van der Waals surface area (Å²) in [7, 11) is 0. The summed E-state index contributed by atoms with van der Waals surface area (Å²) in [6, 6.07) is 3.45. The van der Waals surface area contributed by atoms with Gasteiger partial charge in [0.05, 0.1) is 5.56 Å². The molecule has 0 saturated carbocycles. The highest BCUT2D eigenvalue weighted by Gasteiger charge is 2.30. The van der Waals surface area contributed by atoms with Crippen molar-refractivity contribution in [2.75, 3.05) is 6.54 Å². The Morgan fingerprint density at radius 3 is 2.67 bits per heavy atom. The largest absolute Gasteiger partial charge is 0.416 e. The Balaban J connectivity index is 2.77. The Labute approximate surface area is 110 Å². The smallest absolute Gasteiger partial charge is 0.166 e. The molecule has 3 nitrogen and oxygen atoms in total. The number of halogens is 4. The monoisotopic (exact) mass is 319 g/mol. The highest BCUT2D eigenvalue weighted by molar-refractivity contribution is 9.10. The maximum atomic E-state index is 12.4. The van der Waals surface area contributed by atoms with Crippen LogP contribution in [0.2, 0.25) is 0 Å². The number of azide groups is 1. The van der Waals surface area contributed by atoms with Gasteiger partial charge in [0.1, 0.15) is 0 Å². The molecular formula is C11H9BrF3N3. The Hall–Kier alpha value is -1.46. The van der Waals surface area contributed by atoms with E-state index < -0.39 is 11.7 Å². The number of alkyl halides is 3. The summed E-state index contributed by atoms with van der Waals surface area (Å²) in [5.74, 6) is 0. The van der Waals surface area contributed by atoms with Crippen LogP contribution in [-0.4, -0.2) is 6.54 Å². The van der Waals surface area contributed by atoms with E-state index in [-0.39, 0.29) is 0 Å². The first-order valence-electron chi connectivity index (χ1n) is 4.99. The fourth-order valence-electron chi connectivity index (χ4n) is 1.23. The lowest BCUT2D eigenvalue weighted by Crippen LogP contribution is -2.04. The molecule has 18 heavy (non-hydrogen) atoms. The van der Waals surface area contributed by atoms with E-state index in [1.807, 2.05) is 0 Å². The van der Waals surface area contributed by atoms with Crippen LogP contribution in [0, 0.1) is 0 Å². The van der Waals surface area contributed by atoms with E-state index in [1.165, 1.54) is 6.07 Å². The molecule has 0 heterocycles. The van der Waals surface area contributed by atoms with Gasteiger partial charge in [-0.15, -0.1) is 0 Å². The molecule has 0 bridgehead atoms. The van der Waals surface area contributed by atoms with Gasteiger partial charge < -0.3 is 0 Å². The third-order valence-corrected chi connectivity index (χ3v) is 2.77. The van der Waals surface area contributed by atoms with Crippen LogP contribution in [-0.2, 0) is 6.18 Å². The van der Waals surface area contributed by atoms with Crippen LogP contribution in [0.5, 0.6) is 0 Å². The third-order valence-electron chi connectivity index (χ3n) is 2.08. The van der Waals surface area contributed by atoms with Gasteiger partial charge in [-0.2, -0.15) is 13.2 Å². The summed E-state index contributed by atoms with van der Waals surface area (Å²) in [5.41, 5.74) is 8.00. The topological polar surface area (TPSA) is 48.8 Å². The quantitative estimate of drug-likeness (QED) is 0.318. The summed E-state index contributed by atoms with van der Waals surface area (Å²) < 4.78 is 37.6. The zero-order chi connectivity index (χ0) is 13.6. The molecule has 0 amide bonds. The first-order valence-corrected chi connectivity index (χ1v) is 5.78. The number of rotatable bonds is 4. The molecule has 0 radical (unpaired) electrons. The van der Waals surface area contributed by atoms with Crippen molar-refractivity contribution < 1.29 is 13.2 Å². The van der Waals surface area contributed by atoms with E-state index in [4.69, 9.17) is 5.53 Å². The molecule has 0 N–H and O–H groups in total. The molecule has 0 spiro atoms. The Kier molecular flexibility index (Phi) is 5.25. The Bertz CT molecular complexity index is 491. The molecule has 1 aromatic carbocycles. The number of hydrogen-bond acceptors (Lipinski definition) is 1. The summed E-state index contributed by atoms with van der Waals surface area (Å²) in [4.78, 5) is 2.59. The van der Waals surface area contributed by atoms with E-state index in [2.05, 4.69) is 26.0 Å². The van der Waals surface area contributed by atoms with Crippen molar-refractivity contribution in [2.45, 2.75) is 12.6 Å². The lowest BCUT2D eigenvalue weighted by molar-refractivity contribution is -0.137. The minimum atomic E-state index is -4.34. The second-order valence-electron chi connectivity index (χ2n) is 3.38. The van der Waals surface area contributed by atoms with Gasteiger partial charge in [-0.1, -0.05) is 39.3 Å². The van der Waals surface area contributed by atoms with Gasteiger partial charge in [0, 0.05) is 15.9 Å². The zero-order valence-corrected chi connectivity index (χ0v) is 10.7. The van der Waals surface area contributed by atoms with Crippen LogP contribution in [0.3, 0.4) is 0 Å². The highest BCUT2D eigenvalue weighted by atomic mass is 79.9. The van der Waals surface area contributed by atoms with Crippen molar-refractivity contribution in [1.82, 2.24) is 0 Å². The van der Waals surface area contributed by atoms with Crippen molar-refractivity contribution in [3.05, 3.63) is 50.3 Å². The second-order valence-corrected chi connectivity index (χ2v) is 4.23. The number of nitrogens with zero attached hydrogens (tertiary/aromatic N) is 3. The van der Waals surface area contributed by atoms with E-state index in [1.54, 1.807) is 12.2 Å². The van der Waals surface area contributed by atoms with Gasteiger partial charge in [0.15, 0.2) is 0 Å². The van der Waals surface area contributed by atoms with Gasteiger partial charge in [-0.05, 0) is 29.6 Å². The maximum absolute atomic E-state index is 12.4. The van der Waals surface area contributed by atoms with Crippen LogP contribution >= 0.6 is 15.9 Å². The number of benzene rings is 1. The lowest BCUT2D eigenvalue weighted by Gasteiger charge is -2.08. The molecule has 1 rings (SSSR count). The van der Waals surface area contributed by atoms with Crippen LogP contribution in [0.15, 0.2) is 33.9 Å². The van der Waals surface area contributed by atoms with Crippen molar-refractivity contribution >= 4 is 22.0 Å². The molecule has 96 valence electrons. The molecule has 1 aromatic rings. The molecule has 0 aliphatic rings. The molecular weight excluding hydrogens is 311 g/mol. The number of hydrogen-bond donors (Lipinski definition) is 0. The van der Waals surface area contributed by atoms with Gasteiger partial charge >= 0.3 is 6.18 Å². The first kappa shape index (κ1) is 14.6. The predicted octanol–water partition coefficient (Wildman–Crippen LogP) is 5.18. The SMILES string of the molecule is [N-]=[N+]=NCCC=Cc1ccc(C(F)(F)F)cc1Br. The lowest BCUT2D eigenvalue weighted by atomic mass is 10.1. The van der Waals surface area contributed by atoms with Crippen LogP contribution in [0.4, 0.5) is 13.2 Å². The van der Waals surface area contributed by atoms with Gasteiger partial charge in [0.2, 0.25) is 0 Å². The average molecular weight is 320 g/mol. The third kappa shape index (κ3) is 4.43. The molecule has 0 atom stereocenters. The van der Waals surface area contributed by atoms with Crippen LogP contribution in [0.1, 0.15) is 17.5 Å². The molecule has 0 aromatic heterocycles. The fourth-order valence-corrected chi connectivity index (χ4v) is 1.74. The van der Waals surface area contributed by atoms with E-state index in [0.29, 0.717) is 23.0 Å². The van der Waals surface area contributed by atoms with Gasteiger partial charge in [-0.25, -0.2) is 0 Å². The van der Waals surface area contributed by atoms with E-state index in [0.717, 1.165) is 12.1 Å². The van der Waals surface area contributed by atoms with Gasteiger partial charge in [-0.3, -0.25) is 0 Å². The summed E-state index contributed by atoms with van der Waals surface area (Å²) in [5, 5.41) is 3.34. The molecule has 0 aliphatic heterocycles. The minimum Gasteiger partial charge on any atom is -0.166 e. The van der Waals surface area contributed by atoms with Gasteiger partial charge in [0.25, 0.3) is 0 Å². The average Bonchev–Trinajstić information content (AvgIpc) is 2.29. The molecule has 0 saturated heterocycles. The van der Waals surface area contributed by atoms with Crippen molar-refractivity contribution in [1.29, 1.82) is 0 Å². The van der Waals surface area contributed by atoms with E-state index in [9.17, 15) is 13.2 Å². The second kappa shape index (κ2) is 6.47. The Morgan fingerprint density at radius 2 is 2.11 bits per heavy atom. The summed E-state index contributed by atoms with van der Waals surface area (Å²) >= 11 is 3.09. The molecule has 0 fully saturated rings. The first-order chi connectivity index (χ1) is 8.45. The minimum absolute atomic E-state index is 0.325. The summed E-state index contributed by atoms with van der Waals surface area (Å²) in [6.07, 6.45) is -0.386. The van der Waals surface area contributed by atoms with Crippen molar-refractivity contribution in [2.24, 2.45) is 5.11 Å². The van der Waals surface area contributed by atoms with Crippen LogP contribution in [0.25, 0.3) is 16.5 Å². The fraction of sp³-hybridized carbons (Fsp3) is 0.273. The normalized spacial score (nSPS) is 11.6. The predicted molar refractivity (Wildman–Crippen MR) is 66.8 cm³/mol.